The standard InChI is InChI=1S/C10H14F3N3O3/c1-6(4-5-14)16(3)8(19)15-9(2,7(17)18)10(11,12)13/h6H,4H2,1-3H3,(H,15,19)(H,17,18). The molecule has 0 aliphatic rings. The van der Waals surface area contributed by atoms with Gasteiger partial charge in [0, 0.05) is 13.1 Å². The first-order chi connectivity index (χ1) is 8.47. The van der Waals surface area contributed by atoms with E-state index in [0.29, 0.717) is 6.92 Å². The van der Waals surface area contributed by atoms with Gasteiger partial charge in [-0.25, -0.2) is 9.59 Å². The van der Waals surface area contributed by atoms with E-state index in [2.05, 4.69) is 0 Å². The monoisotopic (exact) mass is 281 g/mol. The van der Waals surface area contributed by atoms with Crippen molar-refractivity contribution in [3.8, 4) is 6.07 Å². The number of carbonyl (C=O) groups excluding carboxylic acids is 1. The van der Waals surface area contributed by atoms with Crippen LogP contribution in [0, 0.1) is 11.3 Å². The summed E-state index contributed by atoms with van der Waals surface area (Å²) in [5.41, 5.74) is -3.38. The third-order valence-corrected chi connectivity index (χ3v) is 2.72. The zero-order valence-corrected chi connectivity index (χ0v) is 10.6. The van der Waals surface area contributed by atoms with Gasteiger partial charge in [0.25, 0.3) is 0 Å². The van der Waals surface area contributed by atoms with Gasteiger partial charge in [-0.05, 0) is 13.8 Å². The van der Waals surface area contributed by atoms with Crippen LogP contribution in [0.3, 0.4) is 0 Å². The molecule has 2 N–H and O–H groups in total. The minimum atomic E-state index is -5.15. The summed E-state index contributed by atoms with van der Waals surface area (Å²) in [6.07, 6.45) is -5.23. The molecule has 0 aromatic carbocycles. The van der Waals surface area contributed by atoms with Crippen LogP contribution in [-0.4, -0.2) is 46.8 Å². The number of halogens is 3. The lowest BCUT2D eigenvalue weighted by atomic mass is 10.0. The highest BCUT2D eigenvalue weighted by Crippen LogP contribution is 2.30. The molecule has 0 heterocycles. The first-order valence-corrected chi connectivity index (χ1v) is 5.19. The highest BCUT2D eigenvalue weighted by atomic mass is 19.4. The zero-order chi connectivity index (χ0) is 15.4. The van der Waals surface area contributed by atoms with E-state index < -0.39 is 29.8 Å². The summed E-state index contributed by atoms with van der Waals surface area (Å²) < 4.78 is 38.0. The van der Waals surface area contributed by atoms with Gasteiger partial charge in [-0.15, -0.1) is 0 Å². The van der Waals surface area contributed by atoms with Crippen molar-refractivity contribution < 1.29 is 27.9 Å². The van der Waals surface area contributed by atoms with Crippen molar-refractivity contribution in [1.29, 1.82) is 5.26 Å². The molecule has 6 nitrogen and oxygen atoms in total. The maximum Gasteiger partial charge on any atom is 0.422 e. The van der Waals surface area contributed by atoms with E-state index >= 15 is 0 Å². The van der Waals surface area contributed by atoms with Crippen LogP contribution in [0.4, 0.5) is 18.0 Å². The summed E-state index contributed by atoms with van der Waals surface area (Å²) in [6.45, 7) is 1.81. The lowest BCUT2D eigenvalue weighted by Crippen LogP contribution is -2.64. The molecule has 0 bridgehead atoms. The lowest BCUT2D eigenvalue weighted by Gasteiger charge is -2.32. The van der Waals surface area contributed by atoms with Crippen molar-refractivity contribution in [3.05, 3.63) is 0 Å². The topological polar surface area (TPSA) is 93.4 Å². The van der Waals surface area contributed by atoms with Crippen molar-refractivity contribution in [2.45, 2.75) is 38.0 Å². The van der Waals surface area contributed by atoms with Crippen molar-refractivity contribution >= 4 is 12.0 Å². The van der Waals surface area contributed by atoms with Gasteiger partial charge in [-0.3, -0.25) is 0 Å². The molecule has 0 aromatic rings. The Kier molecular flexibility index (Phi) is 5.17. The molecule has 0 aliphatic heterocycles. The molecule has 0 aliphatic carbocycles. The van der Waals surface area contributed by atoms with Crippen molar-refractivity contribution in [1.82, 2.24) is 10.2 Å². The van der Waals surface area contributed by atoms with Gasteiger partial charge in [-0.1, -0.05) is 0 Å². The molecular weight excluding hydrogens is 267 g/mol. The average Bonchev–Trinajstić information content (AvgIpc) is 2.26. The summed E-state index contributed by atoms with van der Waals surface area (Å²) in [5.74, 6) is -2.21. The van der Waals surface area contributed by atoms with Crippen molar-refractivity contribution in [2.24, 2.45) is 0 Å². The Hall–Kier alpha value is -1.98. The van der Waals surface area contributed by atoms with Crippen LogP contribution in [0.15, 0.2) is 0 Å². The third kappa shape index (κ3) is 3.74. The van der Waals surface area contributed by atoms with Crippen LogP contribution in [0.5, 0.6) is 0 Å². The molecule has 108 valence electrons. The van der Waals surface area contributed by atoms with Gasteiger partial charge in [0.15, 0.2) is 0 Å². The van der Waals surface area contributed by atoms with Crippen LogP contribution < -0.4 is 5.32 Å². The maximum atomic E-state index is 12.7. The molecule has 0 fully saturated rings. The molecule has 0 saturated carbocycles. The summed E-state index contributed by atoms with van der Waals surface area (Å²) in [4.78, 5) is 23.1. The molecule has 19 heavy (non-hydrogen) atoms. The number of nitrogens with one attached hydrogen (secondary N) is 1. The number of nitriles is 1. The zero-order valence-electron chi connectivity index (χ0n) is 10.6. The van der Waals surface area contributed by atoms with Crippen LogP contribution in [0.1, 0.15) is 20.3 Å². The number of carbonyl (C=O) groups is 2. The van der Waals surface area contributed by atoms with Gasteiger partial charge >= 0.3 is 18.2 Å². The first kappa shape index (κ1) is 17.0. The minimum Gasteiger partial charge on any atom is -0.479 e. The van der Waals surface area contributed by atoms with E-state index in [9.17, 15) is 22.8 Å². The fraction of sp³-hybridized carbons (Fsp3) is 0.700. The van der Waals surface area contributed by atoms with Gasteiger partial charge in [0.2, 0.25) is 5.54 Å². The fourth-order valence-electron chi connectivity index (χ4n) is 1.02. The Morgan fingerprint density at radius 3 is 2.26 bits per heavy atom. The number of hydrogen-bond acceptors (Lipinski definition) is 3. The van der Waals surface area contributed by atoms with E-state index in [4.69, 9.17) is 10.4 Å². The Labute approximate surface area is 107 Å². The third-order valence-electron chi connectivity index (χ3n) is 2.72. The Balaban J connectivity index is 5.05. The quantitative estimate of drug-likeness (QED) is 0.813. The molecule has 0 spiro atoms. The number of alkyl halides is 3. The lowest BCUT2D eigenvalue weighted by molar-refractivity contribution is -0.203. The van der Waals surface area contributed by atoms with E-state index in [1.54, 1.807) is 6.07 Å². The van der Waals surface area contributed by atoms with Crippen molar-refractivity contribution in [3.63, 3.8) is 0 Å². The molecular formula is C10H14F3N3O3. The number of urea groups is 1. The predicted molar refractivity (Wildman–Crippen MR) is 58.1 cm³/mol. The number of aliphatic carboxylic acids is 1. The van der Waals surface area contributed by atoms with Crippen molar-refractivity contribution in [2.75, 3.05) is 7.05 Å². The maximum absolute atomic E-state index is 12.7. The minimum absolute atomic E-state index is 0.0836. The number of hydrogen-bond donors (Lipinski definition) is 2. The number of carboxylic acids is 1. The second-order valence-corrected chi connectivity index (χ2v) is 4.18. The normalized spacial score (nSPS) is 15.8. The molecule has 2 unspecified atom stereocenters. The number of rotatable bonds is 4. The molecule has 0 saturated heterocycles. The van der Waals surface area contributed by atoms with E-state index in [0.717, 1.165) is 4.90 Å². The van der Waals surface area contributed by atoms with Crippen LogP contribution >= 0.6 is 0 Å². The van der Waals surface area contributed by atoms with E-state index in [1.807, 2.05) is 0 Å². The number of carboxylic acid groups (broad SMARTS) is 1. The van der Waals surface area contributed by atoms with E-state index in [-0.39, 0.29) is 6.42 Å². The van der Waals surface area contributed by atoms with Gasteiger partial charge in [0.05, 0.1) is 12.5 Å². The molecule has 2 amide bonds. The fourth-order valence-corrected chi connectivity index (χ4v) is 1.02. The molecule has 2 atom stereocenters. The molecule has 9 heteroatoms. The summed E-state index contributed by atoms with van der Waals surface area (Å²) in [5, 5.41) is 18.5. The Bertz CT molecular complexity index is 405. The molecule has 0 rings (SSSR count). The summed E-state index contributed by atoms with van der Waals surface area (Å²) in [7, 11) is 1.18. The van der Waals surface area contributed by atoms with Gasteiger partial charge in [0.1, 0.15) is 0 Å². The van der Waals surface area contributed by atoms with Crippen LogP contribution in [-0.2, 0) is 4.79 Å². The molecule has 0 radical (unpaired) electrons. The highest BCUT2D eigenvalue weighted by molar-refractivity contribution is 5.86. The predicted octanol–water partition coefficient (Wildman–Crippen LogP) is 1.34. The number of amides is 2. The smallest absolute Gasteiger partial charge is 0.422 e. The van der Waals surface area contributed by atoms with Gasteiger partial charge < -0.3 is 15.3 Å². The number of nitrogens with zero attached hydrogens (tertiary/aromatic N) is 2. The first-order valence-electron chi connectivity index (χ1n) is 5.19. The van der Waals surface area contributed by atoms with Gasteiger partial charge in [-0.2, -0.15) is 18.4 Å². The SMILES string of the molecule is CC(CC#N)N(C)C(=O)NC(C)(C(=O)O)C(F)(F)F. The second-order valence-electron chi connectivity index (χ2n) is 4.18. The average molecular weight is 281 g/mol. The summed E-state index contributed by atoms with van der Waals surface area (Å²) in [6, 6.07) is -0.101. The van der Waals surface area contributed by atoms with Crippen LogP contribution in [0.25, 0.3) is 0 Å². The largest absolute Gasteiger partial charge is 0.479 e. The van der Waals surface area contributed by atoms with Crippen LogP contribution in [0.2, 0.25) is 0 Å². The highest BCUT2D eigenvalue weighted by Gasteiger charge is 2.58. The summed E-state index contributed by atoms with van der Waals surface area (Å²) >= 11 is 0. The molecule has 0 aromatic heterocycles. The Morgan fingerprint density at radius 1 is 1.47 bits per heavy atom. The van der Waals surface area contributed by atoms with E-state index in [1.165, 1.54) is 19.3 Å². The second kappa shape index (κ2) is 5.77. The Morgan fingerprint density at radius 2 is 1.95 bits per heavy atom.